The number of rotatable bonds is 6. The lowest BCUT2D eigenvalue weighted by Gasteiger charge is -2.10. The lowest BCUT2D eigenvalue weighted by atomic mass is 10.2. The molecule has 0 bridgehead atoms. The van der Waals surface area contributed by atoms with E-state index in [1.807, 2.05) is 18.2 Å². The van der Waals surface area contributed by atoms with Crippen molar-refractivity contribution in [3.8, 4) is 11.5 Å². The minimum atomic E-state index is 0.266. The van der Waals surface area contributed by atoms with Crippen LogP contribution >= 0.6 is 15.9 Å². The van der Waals surface area contributed by atoms with Gasteiger partial charge in [-0.1, -0.05) is 25.1 Å². The van der Waals surface area contributed by atoms with Crippen molar-refractivity contribution in [3.05, 3.63) is 58.1 Å². The van der Waals surface area contributed by atoms with Gasteiger partial charge in [-0.15, -0.1) is 0 Å². The molecule has 0 spiro atoms. The van der Waals surface area contributed by atoms with Gasteiger partial charge in [-0.05, 0) is 57.9 Å². The monoisotopic (exact) mass is 335 g/mol. The van der Waals surface area contributed by atoms with Gasteiger partial charge < -0.3 is 15.2 Å². The Morgan fingerprint density at radius 3 is 2.45 bits per heavy atom. The molecule has 2 aromatic carbocycles. The van der Waals surface area contributed by atoms with Crippen LogP contribution in [0, 0.1) is 0 Å². The molecule has 0 aromatic heterocycles. The average molecular weight is 336 g/mol. The fraction of sp³-hybridized carbons (Fsp3) is 0.250. The molecule has 0 fully saturated rings. The number of phenols is 1. The van der Waals surface area contributed by atoms with Crippen molar-refractivity contribution >= 4 is 15.9 Å². The number of benzene rings is 2. The highest BCUT2D eigenvalue weighted by atomic mass is 79.9. The number of phenolic OH excluding ortho intramolecular Hbond substituents is 1. The zero-order valence-electron chi connectivity index (χ0n) is 11.4. The Morgan fingerprint density at radius 2 is 1.80 bits per heavy atom. The van der Waals surface area contributed by atoms with Crippen molar-refractivity contribution in [2.45, 2.75) is 20.1 Å². The molecule has 4 heteroatoms. The van der Waals surface area contributed by atoms with Crippen molar-refractivity contribution in [3.63, 3.8) is 0 Å². The maximum atomic E-state index is 9.23. The summed E-state index contributed by atoms with van der Waals surface area (Å²) < 4.78 is 6.72. The number of aromatic hydroxyl groups is 1. The van der Waals surface area contributed by atoms with E-state index in [0.29, 0.717) is 6.61 Å². The van der Waals surface area contributed by atoms with Gasteiger partial charge in [0.15, 0.2) is 0 Å². The Bertz CT molecular complexity index is 555. The van der Waals surface area contributed by atoms with Crippen LogP contribution in [0.15, 0.2) is 46.9 Å². The first kappa shape index (κ1) is 14.9. The van der Waals surface area contributed by atoms with Crippen molar-refractivity contribution in [2.75, 3.05) is 6.54 Å². The number of nitrogens with one attached hydrogen (secondary N) is 1. The Labute approximate surface area is 127 Å². The first-order valence-corrected chi connectivity index (χ1v) is 7.38. The van der Waals surface area contributed by atoms with E-state index in [1.54, 1.807) is 12.1 Å². The van der Waals surface area contributed by atoms with E-state index in [1.165, 1.54) is 5.56 Å². The van der Waals surface area contributed by atoms with E-state index >= 15 is 0 Å². The zero-order valence-corrected chi connectivity index (χ0v) is 13.0. The summed E-state index contributed by atoms with van der Waals surface area (Å²) in [5, 5.41) is 12.5. The molecule has 0 aliphatic heterocycles. The summed E-state index contributed by atoms with van der Waals surface area (Å²) in [6.45, 7) is 4.37. The number of halogens is 1. The van der Waals surface area contributed by atoms with E-state index in [2.05, 4.69) is 40.3 Å². The number of hydrogen-bond acceptors (Lipinski definition) is 3. The predicted octanol–water partition coefficient (Wildman–Crippen LogP) is 3.84. The van der Waals surface area contributed by atoms with E-state index < -0.39 is 0 Å². The summed E-state index contributed by atoms with van der Waals surface area (Å²) in [5.41, 5.74) is 2.24. The third-order valence-corrected chi connectivity index (χ3v) is 3.53. The summed E-state index contributed by atoms with van der Waals surface area (Å²) in [4.78, 5) is 0. The maximum absolute atomic E-state index is 9.23. The van der Waals surface area contributed by atoms with Crippen LogP contribution in [0.1, 0.15) is 18.1 Å². The molecule has 0 unspecified atom stereocenters. The summed E-state index contributed by atoms with van der Waals surface area (Å²) in [7, 11) is 0. The van der Waals surface area contributed by atoms with Crippen LogP contribution in [-0.2, 0) is 13.2 Å². The molecule has 0 aliphatic carbocycles. The topological polar surface area (TPSA) is 41.5 Å². The van der Waals surface area contributed by atoms with Crippen LogP contribution in [0.2, 0.25) is 0 Å². The fourth-order valence-corrected chi connectivity index (χ4v) is 2.33. The first-order chi connectivity index (χ1) is 9.69. The normalized spacial score (nSPS) is 10.5. The molecule has 0 saturated carbocycles. The number of hydrogen-bond donors (Lipinski definition) is 2. The third kappa shape index (κ3) is 4.25. The van der Waals surface area contributed by atoms with Gasteiger partial charge in [-0.25, -0.2) is 0 Å². The maximum Gasteiger partial charge on any atom is 0.134 e. The Morgan fingerprint density at radius 1 is 1.10 bits per heavy atom. The minimum Gasteiger partial charge on any atom is -0.508 e. The minimum absolute atomic E-state index is 0.266. The molecule has 2 N–H and O–H groups in total. The Hall–Kier alpha value is -1.52. The largest absolute Gasteiger partial charge is 0.508 e. The first-order valence-electron chi connectivity index (χ1n) is 6.59. The third-order valence-electron chi connectivity index (χ3n) is 2.91. The molecule has 2 aromatic rings. The van der Waals surface area contributed by atoms with Gasteiger partial charge >= 0.3 is 0 Å². The molecule has 0 atom stereocenters. The van der Waals surface area contributed by atoms with Crippen LogP contribution < -0.4 is 10.1 Å². The second-order valence-corrected chi connectivity index (χ2v) is 5.35. The Kier molecular flexibility index (Phi) is 5.44. The lowest BCUT2D eigenvalue weighted by Crippen LogP contribution is -2.11. The highest BCUT2D eigenvalue weighted by Gasteiger charge is 2.03. The van der Waals surface area contributed by atoms with Gasteiger partial charge in [-0.2, -0.15) is 0 Å². The summed E-state index contributed by atoms with van der Waals surface area (Å²) in [6.07, 6.45) is 0. The van der Waals surface area contributed by atoms with E-state index in [4.69, 9.17) is 4.74 Å². The zero-order chi connectivity index (χ0) is 14.4. The van der Waals surface area contributed by atoms with E-state index in [0.717, 1.165) is 28.9 Å². The van der Waals surface area contributed by atoms with Crippen molar-refractivity contribution in [1.29, 1.82) is 0 Å². The summed E-state index contributed by atoms with van der Waals surface area (Å²) >= 11 is 3.53. The number of ether oxygens (including phenoxy) is 1. The van der Waals surface area contributed by atoms with Gasteiger partial charge in [0.05, 0.1) is 4.47 Å². The molecule has 2 rings (SSSR count). The molecule has 0 radical (unpaired) electrons. The molecule has 106 valence electrons. The van der Waals surface area contributed by atoms with Crippen molar-refractivity contribution < 1.29 is 9.84 Å². The quantitative estimate of drug-likeness (QED) is 0.842. The molecular formula is C16H18BrNO2. The summed E-state index contributed by atoms with van der Waals surface area (Å²) in [5.74, 6) is 1.08. The van der Waals surface area contributed by atoms with Crippen molar-refractivity contribution in [2.24, 2.45) is 0 Å². The SMILES string of the molecule is CCNCc1ccc(OCc2ccc(O)cc2)c(Br)c1. The van der Waals surface area contributed by atoms with Gasteiger partial charge in [0.25, 0.3) is 0 Å². The summed E-state index contributed by atoms with van der Waals surface area (Å²) in [6, 6.07) is 13.1. The highest BCUT2D eigenvalue weighted by Crippen LogP contribution is 2.27. The second kappa shape index (κ2) is 7.31. The molecule has 0 saturated heterocycles. The van der Waals surface area contributed by atoms with Crippen LogP contribution in [-0.4, -0.2) is 11.7 Å². The van der Waals surface area contributed by atoms with E-state index in [-0.39, 0.29) is 5.75 Å². The second-order valence-electron chi connectivity index (χ2n) is 4.50. The predicted molar refractivity (Wildman–Crippen MR) is 84.0 cm³/mol. The van der Waals surface area contributed by atoms with Crippen molar-refractivity contribution in [1.82, 2.24) is 5.32 Å². The van der Waals surface area contributed by atoms with Crippen LogP contribution in [0.5, 0.6) is 11.5 Å². The molecule has 0 aliphatic rings. The van der Waals surface area contributed by atoms with Crippen LogP contribution in [0.25, 0.3) is 0 Å². The van der Waals surface area contributed by atoms with E-state index in [9.17, 15) is 5.11 Å². The molecule has 3 nitrogen and oxygen atoms in total. The van der Waals surface area contributed by atoms with Gasteiger partial charge in [0.2, 0.25) is 0 Å². The fourth-order valence-electron chi connectivity index (χ4n) is 1.79. The molecule has 0 heterocycles. The highest BCUT2D eigenvalue weighted by molar-refractivity contribution is 9.10. The average Bonchev–Trinajstić information content (AvgIpc) is 2.46. The Balaban J connectivity index is 1.97. The molecule has 20 heavy (non-hydrogen) atoms. The van der Waals surface area contributed by atoms with Gasteiger partial charge in [0.1, 0.15) is 18.1 Å². The van der Waals surface area contributed by atoms with Gasteiger partial charge in [0, 0.05) is 6.54 Å². The lowest BCUT2D eigenvalue weighted by molar-refractivity contribution is 0.304. The standard InChI is InChI=1S/C16H18BrNO2/c1-2-18-10-13-5-8-16(15(17)9-13)20-11-12-3-6-14(19)7-4-12/h3-9,18-19H,2,10-11H2,1H3. The van der Waals surface area contributed by atoms with Crippen LogP contribution in [0.3, 0.4) is 0 Å². The molecule has 0 amide bonds. The molecular weight excluding hydrogens is 318 g/mol. The van der Waals surface area contributed by atoms with Crippen LogP contribution in [0.4, 0.5) is 0 Å². The smallest absolute Gasteiger partial charge is 0.134 e. The van der Waals surface area contributed by atoms with Gasteiger partial charge in [-0.3, -0.25) is 0 Å².